The summed E-state index contributed by atoms with van der Waals surface area (Å²) in [6.45, 7) is 0. The summed E-state index contributed by atoms with van der Waals surface area (Å²) in [4.78, 5) is 0. The normalized spacial score (nSPS) is 9.08. The van der Waals surface area contributed by atoms with Crippen LogP contribution in [-0.2, 0) is 0 Å². The first kappa shape index (κ1) is 8.88. The minimum atomic E-state index is -0.0449. The van der Waals surface area contributed by atoms with E-state index < -0.39 is 0 Å². The van der Waals surface area contributed by atoms with Crippen LogP contribution in [0, 0.1) is 11.3 Å². The van der Waals surface area contributed by atoms with E-state index in [9.17, 15) is 5.11 Å². The fraction of sp³-hybridized carbons (Fsp3) is 0.125. The molecule has 1 aromatic carbocycles. The molecule has 0 aliphatic heterocycles. The van der Waals surface area contributed by atoms with Gasteiger partial charge >= 0.3 is 0 Å². The molecule has 62 valence electrons. The molecule has 0 unspecified atom stereocenters. The topological polar surface area (TPSA) is 53.2 Å². The number of phenolic OH excluding ortho intramolecular Hbond substituents is 1. The molecule has 0 aliphatic carbocycles. The lowest BCUT2D eigenvalue weighted by molar-refractivity contribution is 0.372. The number of benzene rings is 1. The number of hydrogen-bond acceptors (Lipinski definition) is 3. The van der Waals surface area contributed by atoms with Gasteiger partial charge in [-0.1, -0.05) is 0 Å². The van der Waals surface area contributed by atoms with Crippen molar-refractivity contribution in [3.8, 4) is 17.6 Å². The Hall–Kier alpha value is -1.21. The van der Waals surface area contributed by atoms with Gasteiger partial charge in [-0.3, -0.25) is 0 Å². The highest BCUT2D eigenvalue weighted by atomic mass is 79.9. The van der Waals surface area contributed by atoms with E-state index in [-0.39, 0.29) is 5.75 Å². The predicted octanol–water partition coefficient (Wildman–Crippen LogP) is 2.03. The first-order chi connectivity index (χ1) is 5.70. The molecule has 0 aliphatic rings. The number of rotatable bonds is 1. The Morgan fingerprint density at radius 1 is 1.58 bits per heavy atom. The molecule has 1 rings (SSSR count). The Kier molecular flexibility index (Phi) is 2.56. The van der Waals surface area contributed by atoms with Gasteiger partial charge in [-0.15, -0.1) is 0 Å². The summed E-state index contributed by atoms with van der Waals surface area (Å²) in [6.07, 6.45) is 0. The molecule has 0 radical (unpaired) electrons. The van der Waals surface area contributed by atoms with Crippen LogP contribution in [0.2, 0.25) is 0 Å². The van der Waals surface area contributed by atoms with Crippen molar-refractivity contribution in [2.45, 2.75) is 0 Å². The number of nitriles is 1. The molecule has 4 heteroatoms. The third-order valence-electron chi connectivity index (χ3n) is 1.42. The van der Waals surface area contributed by atoms with Crippen LogP contribution < -0.4 is 4.74 Å². The zero-order valence-corrected chi connectivity index (χ0v) is 7.92. The van der Waals surface area contributed by atoms with Crippen LogP contribution in [0.5, 0.6) is 11.5 Å². The Morgan fingerprint density at radius 2 is 2.25 bits per heavy atom. The van der Waals surface area contributed by atoms with Gasteiger partial charge in [0.1, 0.15) is 6.07 Å². The standard InChI is InChI=1S/C8H6BrNO2/c1-12-6-3-2-5(4-10)7(9)8(6)11/h2-3,11H,1H3. The summed E-state index contributed by atoms with van der Waals surface area (Å²) in [7, 11) is 1.45. The third kappa shape index (κ3) is 1.36. The molecule has 3 nitrogen and oxygen atoms in total. The average Bonchev–Trinajstić information content (AvgIpc) is 2.10. The monoisotopic (exact) mass is 227 g/mol. The second-order valence-corrected chi connectivity index (χ2v) is 2.88. The smallest absolute Gasteiger partial charge is 0.173 e. The molecule has 0 saturated carbocycles. The molecular weight excluding hydrogens is 222 g/mol. The van der Waals surface area contributed by atoms with Crippen LogP contribution in [0.1, 0.15) is 5.56 Å². The summed E-state index contributed by atoms with van der Waals surface area (Å²) in [5.74, 6) is 0.303. The van der Waals surface area contributed by atoms with E-state index in [1.807, 2.05) is 6.07 Å². The van der Waals surface area contributed by atoms with Crippen LogP contribution in [0.3, 0.4) is 0 Å². The molecule has 0 heterocycles. The van der Waals surface area contributed by atoms with Gasteiger partial charge in [-0.05, 0) is 28.1 Å². The minimum absolute atomic E-state index is 0.0449. The van der Waals surface area contributed by atoms with Crippen molar-refractivity contribution < 1.29 is 9.84 Å². The van der Waals surface area contributed by atoms with Crippen molar-refractivity contribution in [3.63, 3.8) is 0 Å². The first-order valence-electron chi connectivity index (χ1n) is 3.16. The maximum atomic E-state index is 9.39. The van der Waals surface area contributed by atoms with Gasteiger partial charge in [-0.25, -0.2) is 0 Å². The van der Waals surface area contributed by atoms with Crippen LogP contribution in [0.15, 0.2) is 16.6 Å². The molecule has 12 heavy (non-hydrogen) atoms. The fourth-order valence-corrected chi connectivity index (χ4v) is 1.21. The molecule has 0 aromatic heterocycles. The lowest BCUT2D eigenvalue weighted by Gasteiger charge is -2.04. The van der Waals surface area contributed by atoms with E-state index in [0.29, 0.717) is 15.8 Å². The summed E-state index contributed by atoms with van der Waals surface area (Å²) < 4.78 is 5.20. The molecule has 0 atom stereocenters. The lowest BCUT2D eigenvalue weighted by Crippen LogP contribution is -1.86. The Bertz CT molecular complexity index is 344. The molecule has 0 amide bonds. The second-order valence-electron chi connectivity index (χ2n) is 2.09. The largest absolute Gasteiger partial charge is 0.503 e. The molecule has 0 spiro atoms. The van der Waals surface area contributed by atoms with Gasteiger partial charge in [0.15, 0.2) is 11.5 Å². The highest BCUT2D eigenvalue weighted by Crippen LogP contribution is 2.35. The van der Waals surface area contributed by atoms with E-state index in [4.69, 9.17) is 10.00 Å². The number of hydrogen-bond donors (Lipinski definition) is 1. The van der Waals surface area contributed by atoms with E-state index in [2.05, 4.69) is 15.9 Å². The number of methoxy groups -OCH3 is 1. The minimum Gasteiger partial charge on any atom is -0.503 e. The summed E-state index contributed by atoms with van der Waals surface area (Å²) >= 11 is 3.08. The van der Waals surface area contributed by atoms with Crippen molar-refractivity contribution in [1.82, 2.24) is 0 Å². The van der Waals surface area contributed by atoms with Crippen molar-refractivity contribution in [2.24, 2.45) is 0 Å². The van der Waals surface area contributed by atoms with Crippen molar-refractivity contribution >= 4 is 15.9 Å². The zero-order valence-electron chi connectivity index (χ0n) is 6.34. The van der Waals surface area contributed by atoms with Gasteiger partial charge < -0.3 is 9.84 Å². The quantitative estimate of drug-likeness (QED) is 0.799. The molecule has 0 fully saturated rings. The SMILES string of the molecule is COc1ccc(C#N)c(Br)c1O. The van der Waals surface area contributed by atoms with Gasteiger partial charge in [-0.2, -0.15) is 5.26 Å². The molecule has 0 saturated heterocycles. The van der Waals surface area contributed by atoms with Crippen LogP contribution >= 0.6 is 15.9 Å². The molecule has 0 bridgehead atoms. The highest BCUT2D eigenvalue weighted by Gasteiger charge is 2.09. The average molecular weight is 228 g/mol. The zero-order chi connectivity index (χ0) is 9.14. The maximum Gasteiger partial charge on any atom is 0.173 e. The van der Waals surface area contributed by atoms with Gasteiger partial charge in [0.05, 0.1) is 17.1 Å². The van der Waals surface area contributed by atoms with Crippen LogP contribution in [0.4, 0.5) is 0 Å². The number of aromatic hydroxyl groups is 1. The number of phenols is 1. The van der Waals surface area contributed by atoms with Gasteiger partial charge in [0.2, 0.25) is 0 Å². The van der Waals surface area contributed by atoms with E-state index >= 15 is 0 Å². The van der Waals surface area contributed by atoms with Crippen LogP contribution in [-0.4, -0.2) is 12.2 Å². The van der Waals surface area contributed by atoms with E-state index in [0.717, 1.165) is 0 Å². The Balaban J connectivity index is 3.32. The number of ether oxygens (including phenoxy) is 1. The summed E-state index contributed by atoms with van der Waals surface area (Å²) in [5, 5.41) is 18.0. The predicted molar refractivity (Wildman–Crippen MR) is 47.1 cm³/mol. The Labute approximate surface area is 78.3 Å². The van der Waals surface area contributed by atoms with Crippen molar-refractivity contribution in [1.29, 1.82) is 5.26 Å². The molecular formula is C8H6BrNO2. The van der Waals surface area contributed by atoms with Crippen LogP contribution in [0.25, 0.3) is 0 Å². The van der Waals surface area contributed by atoms with E-state index in [1.165, 1.54) is 7.11 Å². The molecule has 1 N–H and O–H groups in total. The second kappa shape index (κ2) is 3.46. The van der Waals surface area contributed by atoms with Gasteiger partial charge in [0.25, 0.3) is 0 Å². The third-order valence-corrected chi connectivity index (χ3v) is 2.22. The first-order valence-corrected chi connectivity index (χ1v) is 3.95. The summed E-state index contributed by atoms with van der Waals surface area (Å²) in [6, 6.07) is 5.04. The van der Waals surface area contributed by atoms with Crippen molar-refractivity contribution in [2.75, 3.05) is 7.11 Å². The summed E-state index contributed by atoms with van der Waals surface area (Å²) in [5.41, 5.74) is 0.383. The maximum absolute atomic E-state index is 9.39. The number of halogens is 1. The molecule has 1 aromatic rings. The van der Waals surface area contributed by atoms with Gasteiger partial charge in [0, 0.05) is 0 Å². The highest BCUT2D eigenvalue weighted by molar-refractivity contribution is 9.10. The van der Waals surface area contributed by atoms with E-state index in [1.54, 1.807) is 12.1 Å². The Morgan fingerprint density at radius 3 is 2.75 bits per heavy atom. The lowest BCUT2D eigenvalue weighted by atomic mass is 10.2. The number of nitrogens with zero attached hydrogens (tertiary/aromatic N) is 1. The van der Waals surface area contributed by atoms with Crippen molar-refractivity contribution in [3.05, 3.63) is 22.2 Å². The fourth-order valence-electron chi connectivity index (χ4n) is 0.798.